The number of hydrogen-bond donors (Lipinski definition) is 0. The number of hydrogen-bond acceptors (Lipinski definition) is 7. The van der Waals surface area contributed by atoms with Crippen molar-refractivity contribution in [2.75, 3.05) is 40.7 Å². The van der Waals surface area contributed by atoms with Crippen LogP contribution < -0.4 is 0 Å². The Morgan fingerprint density at radius 1 is 0.956 bits per heavy atom. The first-order valence-corrected chi connectivity index (χ1v) is 16.9. The quantitative estimate of drug-likeness (QED) is 0.232. The number of benzene rings is 1. The van der Waals surface area contributed by atoms with Crippen LogP contribution in [0.15, 0.2) is 28.7 Å². The zero-order chi connectivity index (χ0) is 31.9. The van der Waals surface area contributed by atoms with Gasteiger partial charge < -0.3 is 23.5 Å². The van der Waals surface area contributed by atoms with Crippen LogP contribution in [-0.4, -0.2) is 75.4 Å². The Labute approximate surface area is 266 Å². The zero-order valence-electron chi connectivity index (χ0n) is 27.1. The van der Waals surface area contributed by atoms with Gasteiger partial charge >= 0.3 is 5.97 Å². The third kappa shape index (κ3) is 7.97. The standard InChI is InChI=1S/C36H50FNO7/c1-23(20-37)25-10-12-27(13-11-25)35(40)38-16-15-30(26-7-5-4-6-8-26)34(38)31(39)18-24-9-14-32-28(17-24)19-33(45-32)36(41)44-29(21-42-2)22-43-3/h9,14,17,19,23,25-27,29-30,34H,4-8,10-13,15-16,18,20-22H2,1-3H3/t23-,25?,27?,30+,34+/m1/s1. The second-order valence-electron chi connectivity index (χ2n) is 13.6. The topological polar surface area (TPSA) is 95.3 Å². The maximum atomic E-state index is 14.2. The fourth-order valence-corrected chi connectivity index (χ4v) is 8.13. The van der Waals surface area contributed by atoms with Gasteiger partial charge in [-0.25, -0.2) is 4.79 Å². The highest BCUT2D eigenvalue weighted by Gasteiger charge is 2.46. The second-order valence-corrected chi connectivity index (χ2v) is 13.6. The molecular formula is C36H50FNO7. The van der Waals surface area contributed by atoms with Crippen LogP contribution in [0, 0.1) is 29.6 Å². The Hall–Kier alpha value is -2.78. The molecule has 1 aromatic heterocycles. The molecule has 0 radical (unpaired) electrons. The average molecular weight is 628 g/mol. The minimum absolute atomic E-state index is 0.0374. The first kappa shape index (κ1) is 33.6. The lowest BCUT2D eigenvalue weighted by Crippen LogP contribution is -2.48. The van der Waals surface area contributed by atoms with Crippen molar-refractivity contribution >= 4 is 28.6 Å². The number of rotatable bonds is 13. The molecule has 9 heteroatoms. The third-order valence-electron chi connectivity index (χ3n) is 10.6. The minimum Gasteiger partial charge on any atom is -0.452 e. The fraction of sp³-hybridized carbons (Fsp3) is 0.694. The molecule has 1 aliphatic heterocycles. The molecule has 2 aliphatic carbocycles. The molecule has 1 aromatic carbocycles. The number of likely N-dealkylation sites (tertiary alicyclic amines) is 1. The number of ketones is 1. The van der Waals surface area contributed by atoms with E-state index in [1.165, 1.54) is 33.5 Å². The van der Waals surface area contributed by atoms with Gasteiger partial charge in [0.05, 0.1) is 25.9 Å². The first-order chi connectivity index (χ1) is 21.8. The Balaban J connectivity index is 1.30. The number of esters is 1. The fourth-order valence-electron chi connectivity index (χ4n) is 8.13. The van der Waals surface area contributed by atoms with Crippen molar-refractivity contribution in [2.24, 2.45) is 29.6 Å². The average Bonchev–Trinajstić information content (AvgIpc) is 3.70. The van der Waals surface area contributed by atoms with E-state index in [0.717, 1.165) is 50.5 Å². The van der Waals surface area contributed by atoms with Crippen molar-refractivity contribution in [3.8, 4) is 0 Å². The highest BCUT2D eigenvalue weighted by molar-refractivity contribution is 5.94. The summed E-state index contributed by atoms with van der Waals surface area (Å²) in [6, 6.07) is 6.76. The lowest BCUT2D eigenvalue weighted by molar-refractivity contribution is -0.143. The number of fused-ring (bicyclic) bond motifs is 1. The van der Waals surface area contributed by atoms with Gasteiger partial charge in [0.1, 0.15) is 11.7 Å². The number of amides is 1. The lowest BCUT2D eigenvalue weighted by Gasteiger charge is -2.37. The SMILES string of the molecule is COCC(COC)OC(=O)c1cc2cc(CC(=O)[C@@H]3[C@H](C4CCCCC4)CCN3C(=O)C3CCC([C@H](C)CF)CC3)ccc2o1. The number of methoxy groups -OCH3 is 2. The van der Waals surface area contributed by atoms with E-state index >= 15 is 0 Å². The normalized spacial score (nSPS) is 25.1. The number of nitrogens with zero attached hydrogens (tertiary/aromatic N) is 1. The van der Waals surface area contributed by atoms with Crippen molar-refractivity contribution < 1.29 is 37.4 Å². The highest BCUT2D eigenvalue weighted by atomic mass is 19.1. The van der Waals surface area contributed by atoms with Gasteiger partial charge in [0.2, 0.25) is 11.7 Å². The maximum absolute atomic E-state index is 14.2. The summed E-state index contributed by atoms with van der Waals surface area (Å²) in [5, 5.41) is 0.713. The smallest absolute Gasteiger partial charge is 0.374 e. The molecule has 3 aliphatic rings. The van der Waals surface area contributed by atoms with E-state index < -0.39 is 18.1 Å². The van der Waals surface area contributed by atoms with Crippen LogP contribution in [0.4, 0.5) is 4.39 Å². The Kier molecular flexibility index (Phi) is 11.7. The van der Waals surface area contributed by atoms with E-state index in [0.29, 0.717) is 29.3 Å². The number of furan rings is 1. The number of alkyl halides is 1. The highest BCUT2D eigenvalue weighted by Crippen LogP contribution is 2.42. The summed E-state index contributed by atoms with van der Waals surface area (Å²) >= 11 is 0. The molecule has 2 heterocycles. The molecule has 1 amide bonds. The summed E-state index contributed by atoms with van der Waals surface area (Å²) in [6.45, 7) is 2.69. The van der Waals surface area contributed by atoms with E-state index in [1.54, 1.807) is 12.1 Å². The zero-order valence-corrected chi connectivity index (χ0v) is 27.1. The number of Topliss-reactive ketones (excluding diaryl/α,β-unsaturated/α-hetero) is 1. The van der Waals surface area contributed by atoms with E-state index in [1.807, 2.05) is 24.0 Å². The maximum Gasteiger partial charge on any atom is 0.374 e. The van der Waals surface area contributed by atoms with Crippen molar-refractivity contribution in [1.29, 1.82) is 0 Å². The van der Waals surface area contributed by atoms with Crippen molar-refractivity contribution in [2.45, 2.75) is 89.7 Å². The van der Waals surface area contributed by atoms with Crippen LogP contribution in [0.5, 0.6) is 0 Å². The minimum atomic E-state index is -0.605. The van der Waals surface area contributed by atoms with Crippen LogP contribution in [-0.2, 0) is 30.2 Å². The largest absolute Gasteiger partial charge is 0.452 e. The predicted octanol–water partition coefficient (Wildman–Crippen LogP) is 6.57. The molecule has 248 valence electrons. The monoisotopic (exact) mass is 627 g/mol. The Bertz CT molecular complexity index is 1290. The van der Waals surface area contributed by atoms with Gasteiger partial charge in [0.15, 0.2) is 5.78 Å². The molecule has 0 unspecified atom stereocenters. The third-order valence-corrected chi connectivity index (χ3v) is 10.6. The Morgan fingerprint density at radius 2 is 1.67 bits per heavy atom. The molecule has 3 atom stereocenters. The Morgan fingerprint density at radius 3 is 2.33 bits per heavy atom. The summed E-state index contributed by atoms with van der Waals surface area (Å²) < 4.78 is 34.8. The van der Waals surface area contributed by atoms with Gasteiger partial charge in [0, 0.05) is 38.5 Å². The first-order valence-electron chi connectivity index (χ1n) is 16.9. The van der Waals surface area contributed by atoms with Gasteiger partial charge in [-0.3, -0.25) is 14.0 Å². The molecule has 8 nitrogen and oxygen atoms in total. The van der Waals surface area contributed by atoms with Crippen LogP contribution in [0.3, 0.4) is 0 Å². The van der Waals surface area contributed by atoms with Gasteiger partial charge in [-0.1, -0.05) is 45.1 Å². The number of carbonyl (C=O) groups is 3. The summed E-state index contributed by atoms with van der Waals surface area (Å²) in [4.78, 5) is 42.8. The molecular weight excluding hydrogens is 577 g/mol. The van der Waals surface area contributed by atoms with Crippen molar-refractivity contribution in [3.63, 3.8) is 0 Å². The molecule has 5 rings (SSSR count). The summed E-state index contributed by atoms with van der Waals surface area (Å²) in [5.74, 6) is 0.622. The molecule has 2 saturated carbocycles. The van der Waals surface area contributed by atoms with E-state index in [-0.39, 0.29) is 61.5 Å². The van der Waals surface area contributed by atoms with E-state index in [4.69, 9.17) is 18.6 Å². The predicted molar refractivity (Wildman–Crippen MR) is 169 cm³/mol. The van der Waals surface area contributed by atoms with Gasteiger partial charge in [-0.05, 0) is 79.5 Å². The number of ether oxygens (including phenoxy) is 3. The number of halogens is 1. The number of carbonyl (C=O) groups excluding carboxylic acids is 3. The van der Waals surface area contributed by atoms with E-state index in [9.17, 15) is 18.8 Å². The summed E-state index contributed by atoms with van der Waals surface area (Å²) in [7, 11) is 3.06. The molecule has 0 spiro atoms. The van der Waals surface area contributed by atoms with Crippen LogP contribution in [0.25, 0.3) is 11.0 Å². The van der Waals surface area contributed by atoms with Crippen LogP contribution in [0.2, 0.25) is 0 Å². The van der Waals surface area contributed by atoms with Gasteiger partial charge in [-0.2, -0.15) is 0 Å². The lowest BCUT2D eigenvalue weighted by atomic mass is 9.74. The van der Waals surface area contributed by atoms with Crippen LogP contribution in [0.1, 0.15) is 87.3 Å². The van der Waals surface area contributed by atoms with Crippen molar-refractivity contribution in [3.05, 3.63) is 35.6 Å². The molecule has 2 aromatic rings. The van der Waals surface area contributed by atoms with Crippen LogP contribution >= 0.6 is 0 Å². The summed E-state index contributed by atoms with van der Waals surface area (Å²) in [6.07, 6.45) is 9.69. The van der Waals surface area contributed by atoms with E-state index in [2.05, 4.69) is 0 Å². The van der Waals surface area contributed by atoms with Gasteiger partial charge in [0.25, 0.3) is 0 Å². The van der Waals surface area contributed by atoms with Gasteiger partial charge in [-0.15, -0.1) is 0 Å². The molecule has 3 fully saturated rings. The molecule has 0 N–H and O–H groups in total. The molecule has 1 saturated heterocycles. The second kappa shape index (κ2) is 15.7. The molecule has 45 heavy (non-hydrogen) atoms. The molecule has 0 bridgehead atoms. The van der Waals surface area contributed by atoms with Crippen molar-refractivity contribution in [1.82, 2.24) is 4.90 Å². The summed E-state index contributed by atoms with van der Waals surface area (Å²) in [5.41, 5.74) is 1.36.